The Morgan fingerprint density at radius 3 is 2.80 bits per heavy atom. The summed E-state index contributed by atoms with van der Waals surface area (Å²) >= 11 is 0. The van der Waals surface area contributed by atoms with Crippen LogP contribution in [0.4, 0.5) is 0 Å². The number of nitrogens with two attached hydrogens (primary N) is 1. The highest BCUT2D eigenvalue weighted by Crippen LogP contribution is 2.15. The number of aryl methyl sites for hydroxylation is 1. The van der Waals surface area contributed by atoms with Crippen LogP contribution in [-0.2, 0) is 14.8 Å². The molecule has 1 aliphatic rings. The minimum Gasteiger partial charge on any atom is -0.376 e. The van der Waals surface area contributed by atoms with Gasteiger partial charge in [-0.1, -0.05) is 0 Å². The highest BCUT2D eigenvalue weighted by molar-refractivity contribution is 7.89. The molecule has 1 aromatic rings. The summed E-state index contributed by atoms with van der Waals surface area (Å²) in [7, 11) is -3.74. The van der Waals surface area contributed by atoms with E-state index in [1.54, 1.807) is 6.92 Å². The summed E-state index contributed by atoms with van der Waals surface area (Å²) in [5, 5.41) is 7.84. The van der Waals surface area contributed by atoms with Gasteiger partial charge in [-0.2, -0.15) is 0 Å². The van der Waals surface area contributed by atoms with Crippen LogP contribution in [0, 0.1) is 6.92 Å². The Morgan fingerprint density at radius 2 is 2.25 bits per heavy atom. The second-order valence-corrected chi connectivity index (χ2v) is 6.43. The van der Waals surface area contributed by atoms with E-state index < -0.39 is 10.0 Å². The van der Waals surface area contributed by atoms with Crippen LogP contribution in [0.15, 0.2) is 23.1 Å². The van der Waals surface area contributed by atoms with Gasteiger partial charge >= 0.3 is 0 Å². The van der Waals surface area contributed by atoms with Gasteiger partial charge in [0.2, 0.25) is 10.0 Å². The molecule has 0 spiro atoms. The fraction of sp³-hybridized carbons (Fsp3) is 0.462. The number of sulfonamides is 1. The van der Waals surface area contributed by atoms with E-state index in [2.05, 4.69) is 5.32 Å². The van der Waals surface area contributed by atoms with Crippen molar-refractivity contribution >= 4 is 15.9 Å². The SMILES string of the molecule is Cc1cc(S(N)(=O)=O)ccc1C(=O)NCC1CCCO1. The Bertz CT molecular complexity index is 607. The van der Waals surface area contributed by atoms with Crippen molar-refractivity contribution in [2.75, 3.05) is 13.2 Å². The highest BCUT2D eigenvalue weighted by Gasteiger charge is 2.18. The van der Waals surface area contributed by atoms with Crippen LogP contribution >= 0.6 is 0 Å². The number of ether oxygens (including phenoxy) is 1. The van der Waals surface area contributed by atoms with E-state index in [0.717, 1.165) is 19.4 Å². The highest BCUT2D eigenvalue weighted by atomic mass is 32.2. The molecule has 1 amide bonds. The average molecular weight is 298 g/mol. The van der Waals surface area contributed by atoms with Crippen molar-refractivity contribution in [1.29, 1.82) is 0 Å². The summed E-state index contributed by atoms with van der Waals surface area (Å²) in [5.74, 6) is -0.237. The summed E-state index contributed by atoms with van der Waals surface area (Å²) in [6.45, 7) is 2.88. The molecule has 0 aromatic heterocycles. The third kappa shape index (κ3) is 3.56. The molecule has 1 heterocycles. The minimum atomic E-state index is -3.74. The number of primary sulfonamides is 1. The fourth-order valence-corrected chi connectivity index (χ4v) is 2.77. The largest absolute Gasteiger partial charge is 0.376 e. The molecule has 1 unspecified atom stereocenters. The molecule has 3 N–H and O–H groups in total. The van der Waals surface area contributed by atoms with Crippen LogP contribution in [0.3, 0.4) is 0 Å². The van der Waals surface area contributed by atoms with Crippen molar-refractivity contribution in [2.24, 2.45) is 5.14 Å². The number of nitrogens with one attached hydrogen (secondary N) is 1. The molecule has 1 aromatic carbocycles. The van der Waals surface area contributed by atoms with Crippen molar-refractivity contribution in [3.05, 3.63) is 29.3 Å². The predicted molar refractivity (Wildman–Crippen MR) is 73.9 cm³/mol. The number of rotatable bonds is 4. The summed E-state index contributed by atoms with van der Waals surface area (Å²) < 4.78 is 27.9. The molecule has 1 fully saturated rings. The van der Waals surface area contributed by atoms with E-state index in [1.807, 2.05) is 0 Å². The van der Waals surface area contributed by atoms with E-state index in [4.69, 9.17) is 9.88 Å². The van der Waals surface area contributed by atoms with Crippen molar-refractivity contribution < 1.29 is 17.9 Å². The van der Waals surface area contributed by atoms with Crippen LogP contribution < -0.4 is 10.5 Å². The monoisotopic (exact) mass is 298 g/mol. The Hall–Kier alpha value is -1.44. The quantitative estimate of drug-likeness (QED) is 0.848. The summed E-state index contributed by atoms with van der Waals surface area (Å²) in [6, 6.07) is 4.21. The number of hydrogen-bond donors (Lipinski definition) is 2. The maximum absolute atomic E-state index is 12.0. The first-order valence-electron chi connectivity index (χ1n) is 6.41. The Kier molecular flexibility index (Phi) is 4.42. The maximum atomic E-state index is 12.0. The van der Waals surface area contributed by atoms with Gasteiger partial charge in [0.1, 0.15) is 0 Å². The van der Waals surface area contributed by atoms with Crippen LogP contribution in [0.5, 0.6) is 0 Å². The molecule has 20 heavy (non-hydrogen) atoms. The van der Waals surface area contributed by atoms with E-state index in [9.17, 15) is 13.2 Å². The Labute approximate surface area is 118 Å². The van der Waals surface area contributed by atoms with Crippen LogP contribution in [0.1, 0.15) is 28.8 Å². The standard InChI is InChI=1S/C13H18N2O4S/c1-9-7-11(20(14,17)18)4-5-12(9)13(16)15-8-10-3-2-6-19-10/h4-5,7,10H,2-3,6,8H2,1H3,(H,15,16)(H2,14,17,18). The molecule has 1 aliphatic heterocycles. The van der Waals surface area contributed by atoms with Crippen LogP contribution in [0.25, 0.3) is 0 Å². The van der Waals surface area contributed by atoms with Crippen molar-refractivity contribution in [1.82, 2.24) is 5.32 Å². The molecule has 1 atom stereocenters. The van der Waals surface area contributed by atoms with E-state index in [-0.39, 0.29) is 16.9 Å². The predicted octanol–water partition coefficient (Wildman–Crippen LogP) is 0.551. The summed E-state index contributed by atoms with van der Waals surface area (Å²) in [6.07, 6.45) is 2.04. The second kappa shape index (κ2) is 5.90. The summed E-state index contributed by atoms with van der Waals surface area (Å²) in [5.41, 5.74) is 1.01. The van der Waals surface area contributed by atoms with Gasteiger partial charge in [0.15, 0.2) is 0 Å². The van der Waals surface area contributed by atoms with Gasteiger partial charge in [-0.15, -0.1) is 0 Å². The minimum absolute atomic E-state index is 0.00526. The van der Waals surface area contributed by atoms with E-state index >= 15 is 0 Å². The molecule has 0 saturated carbocycles. The van der Waals surface area contributed by atoms with Gasteiger partial charge in [-0.25, -0.2) is 13.6 Å². The number of carbonyl (C=O) groups is 1. The van der Waals surface area contributed by atoms with Gasteiger partial charge in [0, 0.05) is 18.7 Å². The Balaban J connectivity index is 2.06. The summed E-state index contributed by atoms with van der Waals surface area (Å²) in [4.78, 5) is 12.0. The molecule has 110 valence electrons. The second-order valence-electron chi connectivity index (χ2n) is 4.87. The third-order valence-electron chi connectivity index (χ3n) is 3.29. The maximum Gasteiger partial charge on any atom is 0.251 e. The van der Waals surface area contributed by atoms with E-state index in [1.165, 1.54) is 18.2 Å². The van der Waals surface area contributed by atoms with Crippen molar-refractivity contribution in [3.8, 4) is 0 Å². The molecule has 1 saturated heterocycles. The topological polar surface area (TPSA) is 98.5 Å². The van der Waals surface area contributed by atoms with Crippen LogP contribution in [0.2, 0.25) is 0 Å². The molecular formula is C13H18N2O4S. The van der Waals surface area contributed by atoms with E-state index in [0.29, 0.717) is 17.7 Å². The first-order valence-corrected chi connectivity index (χ1v) is 7.96. The van der Waals surface area contributed by atoms with Crippen LogP contribution in [-0.4, -0.2) is 33.6 Å². The number of carbonyl (C=O) groups excluding carboxylic acids is 1. The normalized spacial score (nSPS) is 19.0. The van der Waals surface area contributed by atoms with Gasteiger partial charge in [-0.05, 0) is 43.5 Å². The molecule has 0 radical (unpaired) electrons. The fourth-order valence-electron chi connectivity index (χ4n) is 2.17. The zero-order chi connectivity index (χ0) is 14.8. The number of benzene rings is 1. The smallest absolute Gasteiger partial charge is 0.251 e. The zero-order valence-electron chi connectivity index (χ0n) is 11.3. The van der Waals surface area contributed by atoms with Gasteiger partial charge in [-0.3, -0.25) is 4.79 Å². The molecule has 7 heteroatoms. The lowest BCUT2D eigenvalue weighted by molar-refractivity contribution is 0.0857. The molecule has 6 nitrogen and oxygen atoms in total. The zero-order valence-corrected chi connectivity index (χ0v) is 12.1. The number of amides is 1. The van der Waals surface area contributed by atoms with Crippen molar-refractivity contribution in [3.63, 3.8) is 0 Å². The van der Waals surface area contributed by atoms with Crippen molar-refractivity contribution in [2.45, 2.75) is 30.8 Å². The molecule has 0 bridgehead atoms. The molecule has 0 aliphatic carbocycles. The molecular weight excluding hydrogens is 280 g/mol. The lowest BCUT2D eigenvalue weighted by Gasteiger charge is -2.12. The molecule has 2 rings (SSSR count). The lowest BCUT2D eigenvalue weighted by Crippen LogP contribution is -2.32. The van der Waals surface area contributed by atoms with Gasteiger partial charge in [0.25, 0.3) is 5.91 Å². The lowest BCUT2D eigenvalue weighted by atomic mass is 10.1. The Morgan fingerprint density at radius 1 is 1.50 bits per heavy atom. The van der Waals surface area contributed by atoms with Gasteiger partial charge in [0.05, 0.1) is 11.0 Å². The first-order chi connectivity index (χ1) is 9.38. The first kappa shape index (κ1) is 15.0. The third-order valence-corrected chi connectivity index (χ3v) is 4.20. The van der Waals surface area contributed by atoms with Gasteiger partial charge < -0.3 is 10.1 Å². The number of hydrogen-bond acceptors (Lipinski definition) is 4. The average Bonchev–Trinajstić information content (AvgIpc) is 2.87.